The number of methoxy groups -OCH3 is 1. The number of aryl methyl sites for hydroxylation is 1. The lowest BCUT2D eigenvalue weighted by Gasteiger charge is -2.12. The number of nitrogens with one attached hydrogen (secondary N) is 1. The van der Waals surface area contributed by atoms with Crippen molar-refractivity contribution in [2.45, 2.75) is 6.42 Å². The number of amides is 1. The van der Waals surface area contributed by atoms with Crippen LogP contribution in [0, 0.1) is 0 Å². The smallest absolute Gasteiger partial charge is 0.307 e. The van der Waals surface area contributed by atoms with E-state index in [1.807, 2.05) is 0 Å². The van der Waals surface area contributed by atoms with Crippen molar-refractivity contribution in [1.82, 2.24) is 14.9 Å². The van der Waals surface area contributed by atoms with Crippen LogP contribution < -0.4 is 15.6 Å². The molecule has 0 aliphatic heterocycles. The van der Waals surface area contributed by atoms with Crippen LogP contribution in [0.25, 0.3) is 10.9 Å². The van der Waals surface area contributed by atoms with E-state index in [0.717, 1.165) is 0 Å². The molecule has 156 valence electrons. The molecule has 1 N–H and O–H groups in total. The summed E-state index contributed by atoms with van der Waals surface area (Å²) < 4.78 is 11.7. The number of nitrogens with zero attached hydrogens (tertiary/aromatic N) is 2. The first-order valence-electron chi connectivity index (χ1n) is 8.77. The summed E-state index contributed by atoms with van der Waals surface area (Å²) in [5, 5.41) is 3.27. The van der Waals surface area contributed by atoms with E-state index in [1.54, 1.807) is 25.2 Å². The molecule has 8 nitrogen and oxygen atoms in total. The van der Waals surface area contributed by atoms with E-state index in [9.17, 15) is 14.4 Å². The number of aromatic nitrogens is 2. The van der Waals surface area contributed by atoms with Gasteiger partial charge < -0.3 is 19.4 Å². The number of rotatable bonds is 6. The predicted octanol–water partition coefficient (Wildman–Crippen LogP) is 3.33. The molecule has 0 spiro atoms. The zero-order valence-corrected chi connectivity index (χ0v) is 17.6. The minimum atomic E-state index is -0.444. The van der Waals surface area contributed by atoms with Crippen LogP contribution in [0.3, 0.4) is 0 Å². The fourth-order valence-electron chi connectivity index (χ4n) is 2.64. The van der Waals surface area contributed by atoms with Gasteiger partial charge in [0.25, 0.3) is 11.5 Å². The lowest BCUT2D eigenvalue weighted by molar-refractivity contribution is -0.140. The molecule has 0 radical (unpaired) electrons. The highest BCUT2D eigenvalue weighted by Gasteiger charge is 2.16. The fraction of sp³-hybridized carbons (Fsp3) is 0.200. The van der Waals surface area contributed by atoms with Gasteiger partial charge in [-0.3, -0.25) is 14.4 Å². The molecule has 30 heavy (non-hydrogen) atoms. The van der Waals surface area contributed by atoms with Gasteiger partial charge in [-0.25, -0.2) is 4.98 Å². The first-order chi connectivity index (χ1) is 14.3. The van der Waals surface area contributed by atoms with Gasteiger partial charge in [0.2, 0.25) is 0 Å². The first kappa shape index (κ1) is 21.6. The molecule has 0 fully saturated rings. The Labute approximate surface area is 181 Å². The van der Waals surface area contributed by atoms with Crippen LogP contribution in [0.15, 0.2) is 41.5 Å². The summed E-state index contributed by atoms with van der Waals surface area (Å²) in [6, 6.07) is 7.61. The minimum Gasteiger partial charge on any atom is -0.469 e. The molecule has 3 aromatic rings. The number of esters is 1. The Balaban J connectivity index is 1.80. The topological polar surface area (TPSA) is 99.5 Å². The van der Waals surface area contributed by atoms with Crippen molar-refractivity contribution >= 4 is 46.0 Å². The van der Waals surface area contributed by atoms with Crippen LogP contribution >= 0.6 is 23.2 Å². The Morgan fingerprint density at radius 3 is 2.53 bits per heavy atom. The number of benzene rings is 2. The quantitative estimate of drug-likeness (QED) is 0.579. The Morgan fingerprint density at radius 1 is 1.17 bits per heavy atom. The lowest BCUT2D eigenvalue weighted by atomic mass is 10.2. The number of hydrogen-bond donors (Lipinski definition) is 1. The van der Waals surface area contributed by atoms with Gasteiger partial charge in [-0.05, 0) is 24.3 Å². The molecule has 0 saturated carbocycles. The number of carbonyl (C=O) groups excluding carboxylic acids is 2. The summed E-state index contributed by atoms with van der Waals surface area (Å²) in [5.74, 6) is -0.340. The van der Waals surface area contributed by atoms with E-state index < -0.39 is 11.9 Å². The zero-order valence-electron chi connectivity index (χ0n) is 16.1. The van der Waals surface area contributed by atoms with Gasteiger partial charge >= 0.3 is 5.97 Å². The average molecular weight is 450 g/mol. The van der Waals surface area contributed by atoms with Crippen LogP contribution in [-0.2, 0) is 16.6 Å². The predicted molar refractivity (Wildman–Crippen MR) is 112 cm³/mol. The second-order valence-electron chi connectivity index (χ2n) is 6.29. The van der Waals surface area contributed by atoms with Gasteiger partial charge in [-0.2, -0.15) is 0 Å². The molecule has 1 heterocycles. The third kappa shape index (κ3) is 4.72. The van der Waals surface area contributed by atoms with E-state index in [0.29, 0.717) is 16.7 Å². The average Bonchev–Trinajstić information content (AvgIpc) is 2.73. The van der Waals surface area contributed by atoms with Gasteiger partial charge in [0.05, 0.1) is 40.8 Å². The Hall–Kier alpha value is -3.10. The zero-order chi connectivity index (χ0) is 21.8. The van der Waals surface area contributed by atoms with Crippen molar-refractivity contribution in [3.8, 4) is 11.5 Å². The second kappa shape index (κ2) is 9.15. The molecule has 1 aromatic heterocycles. The number of carbonyl (C=O) groups is 2. The summed E-state index contributed by atoms with van der Waals surface area (Å²) in [6.07, 6.45) is 1.46. The number of halogens is 2. The largest absolute Gasteiger partial charge is 0.469 e. The highest BCUT2D eigenvalue weighted by Crippen LogP contribution is 2.37. The van der Waals surface area contributed by atoms with Crippen molar-refractivity contribution in [3.63, 3.8) is 0 Å². The molecule has 0 unspecified atom stereocenters. The van der Waals surface area contributed by atoms with E-state index in [2.05, 4.69) is 15.0 Å². The maximum atomic E-state index is 12.2. The van der Waals surface area contributed by atoms with Crippen LogP contribution in [0.4, 0.5) is 0 Å². The second-order valence-corrected chi connectivity index (χ2v) is 7.11. The molecule has 3 rings (SSSR count). The fourth-order valence-corrected chi connectivity index (χ4v) is 3.21. The molecular weight excluding hydrogens is 433 g/mol. The van der Waals surface area contributed by atoms with E-state index in [-0.39, 0.29) is 39.9 Å². The van der Waals surface area contributed by atoms with Crippen molar-refractivity contribution < 1.29 is 19.1 Å². The molecule has 0 saturated heterocycles. The molecule has 0 atom stereocenters. The third-order valence-corrected chi connectivity index (χ3v) is 4.77. The lowest BCUT2D eigenvalue weighted by Crippen LogP contribution is -2.26. The van der Waals surface area contributed by atoms with E-state index in [4.69, 9.17) is 27.9 Å². The van der Waals surface area contributed by atoms with E-state index in [1.165, 1.54) is 30.1 Å². The molecule has 1 amide bonds. The Bertz CT molecular complexity index is 1170. The summed E-state index contributed by atoms with van der Waals surface area (Å²) in [6.45, 7) is 0.114. The van der Waals surface area contributed by atoms with Gasteiger partial charge in [0, 0.05) is 25.2 Å². The molecule has 0 aliphatic rings. The Kier molecular flexibility index (Phi) is 6.59. The van der Waals surface area contributed by atoms with Crippen molar-refractivity contribution in [3.05, 3.63) is 62.6 Å². The summed E-state index contributed by atoms with van der Waals surface area (Å²) in [7, 11) is 2.89. The SMILES string of the molecule is COC(=O)CCNC(=O)c1cc(Cl)c(Oc2ccc3c(=O)n(C)cnc3c2)c(Cl)c1. The number of ether oxygens (including phenoxy) is 2. The van der Waals surface area contributed by atoms with Crippen LogP contribution in [-0.4, -0.2) is 35.1 Å². The maximum absolute atomic E-state index is 12.2. The van der Waals surface area contributed by atoms with Crippen LogP contribution in [0.2, 0.25) is 10.0 Å². The summed E-state index contributed by atoms with van der Waals surface area (Å²) in [5.41, 5.74) is 0.500. The molecule has 0 aliphatic carbocycles. The van der Waals surface area contributed by atoms with Crippen molar-refractivity contribution in [2.75, 3.05) is 13.7 Å². The maximum Gasteiger partial charge on any atom is 0.307 e. The van der Waals surface area contributed by atoms with Gasteiger partial charge in [-0.15, -0.1) is 0 Å². The third-order valence-electron chi connectivity index (χ3n) is 4.21. The van der Waals surface area contributed by atoms with Crippen molar-refractivity contribution in [1.29, 1.82) is 0 Å². The molecule has 0 bridgehead atoms. The van der Waals surface area contributed by atoms with Crippen LogP contribution in [0.5, 0.6) is 11.5 Å². The van der Waals surface area contributed by atoms with Gasteiger partial charge in [0.15, 0.2) is 5.75 Å². The standard InChI is InChI=1S/C20H17Cl2N3O5/c1-25-10-24-16-9-12(3-4-13(16)20(25)28)30-18-14(21)7-11(8-15(18)22)19(27)23-6-5-17(26)29-2/h3-4,7-10H,5-6H2,1-2H3,(H,23,27). The van der Waals surface area contributed by atoms with Crippen molar-refractivity contribution in [2.24, 2.45) is 7.05 Å². The molecular formula is C20H17Cl2N3O5. The van der Waals surface area contributed by atoms with Crippen LogP contribution in [0.1, 0.15) is 16.8 Å². The highest BCUT2D eigenvalue weighted by molar-refractivity contribution is 6.37. The van der Waals surface area contributed by atoms with E-state index >= 15 is 0 Å². The molecule has 2 aromatic carbocycles. The number of fused-ring (bicyclic) bond motifs is 1. The normalized spacial score (nSPS) is 10.7. The summed E-state index contributed by atoms with van der Waals surface area (Å²) in [4.78, 5) is 39.7. The highest BCUT2D eigenvalue weighted by atomic mass is 35.5. The first-order valence-corrected chi connectivity index (χ1v) is 9.53. The summed E-state index contributed by atoms with van der Waals surface area (Å²) >= 11 is 12.5. The van der Waals surface area contributed by atoms with Gasteiger partial charge in [-0.1, -0.05) is 23.2 Å². The monoisotopic (exact) mass is 449 g/mol. The van der Waals surface area contributed by atoms with Gasteiger partial charge in [0.1, 0.15) is 5.75 Å². The number of hydrogen-bond acceptors (Lipinski definition) is 6. The minimum absolute atomic E-state index is 0.0456. The Morgan fingerprint density at radius 2 is 1.87 bits per heavy atom. The molecule has 10 heteroatoms.